The highest BCUT2D eigenvalue weighted by Gasteiger charge is 1.99. The first kappa shape index (κ1) is 9.78. The first-order valence-corrected chi connectivity index (χ1v) is 3.83. The molecule has 0 N–H and O–H groups in total. The van der Waals surface area contributed by atoms with Crippen molar-refractivity contribution in [1.82, 2.24) is 0 Å². The van der Waals surface area contributed by atoms with Crippen molar-refractivity contribution in [2.24, 2.45) is 0 Å². The maximum atomic E-state index is 13.1. The van der Waals surface area contributed by atoms with Crippen LogP contribution in [0.5, 0.6) is 0 Å². The fourth-order valence-corrected chi connectivity index (χ4v) is 0.865. The molecule has 0 aromatic heterocycles. The summed E-state index contributed by atoms with van der Waals surface area (Å²) in [5.74, 6) is 4.47. The first-order chi connectivity index (χ1) is 6.77. The van der Waals surface area contributed by atoms with Gasteiger partial charge in [0.15, 0.2) is 0 Å². The lowest BCUT2D eigenvalue weighted by Gasteiger charge is -1.93. The summed E-state index contributed by atoms with van der Waals surface area (Å²) in [5, 5.41) is 16.7. The highest BCUT2D eigenvalue weighted by molar-refractivity contribution is 5.41. The van der Waals surface area contributed by atoms with Gasteiger partial charge in [-0.3, -0.25) is 0 Å². The molecule has 0 aliphatic heterocycles. The zero-order valence-electron chi connectivity index (χ0n) is 7.21. The van der Waals surface area contributed by atoms with Gasteiger partial charge in [0.05, 0.1) is 29.7 Å². The standard InChI is InChI=1S/C11H5FN2/c12-11-7-9(8-14)4-5-10(11)3-1-2-6-13/h4-5,7H,2H2. The van der Waals surface area contributed by atoms with Crippen LogP contribution in [0.25, 0.3) is 0 Å². The summed E-state index contributed by atoms with van der Waals surface area (Å²) < 4.78 is 13.1. The number of hydrogen-bond donors (Lipinski definition) is 0. The molecule has 66 valence electrons. The number of nitrogens with zero attached hydrogens (tertiary/aromatic N) is 2. The summed E-state index contributed by atoms with van der Waals surface area (Å²) in [5.41, 5.74) is 0.465. The molecule has 0 heterocycles. The van der Waals surface area contributed by atoms with E-state index in [-0.39, 0.29) is 17.5 Å². The normalized spacial score (nSPS) is 7.93. The molecule has 2 nitrogen and oxygen atoms in total. The fourth-order valence-electron chi connectivity index (χ4n) is 0.865. The lowest BCUT2D eigenvalue weighted by atomic mass is 10.1. The minimum atomic E-state index is -0.533. The third-order valence-electron chi connectivity index (χ3n) is 1.49. The van der Waals surface area contributed by atoms with E-state index >= 15 is 0 Å². The first-order valence-electron chi connectivity index (χ1n) is 3.83. The molecule has 1 rings (SSSR count). The van der Waals surface area contributed by atoms with Crippen LogP contribution in [0.15, 0.2) is 18.2 Å². The molecule has 0 spiro atoms. The third-order valence-corrected chi connectivity index (χ3v) is 1.49. The van der Waals surface area contributed by atoms with Gasteiger partial charge in [-0.15, -0.1) is 0 Å². The van der Waals surface area contributed by atoms with E-state index in [0.29, 0.717) is 0 Å². The number of benzene rings is 1. The van der Waals surface area contributed by atoms with Gasteiger partial charge in [-0.05, 0) is 18.2 Å². The lowest BCUT2D eigenvalue weighted by molar-refractivity contribution is 0.624. The zero-order valence-corrected chi connectivity index (χ0v) is 7.21. The molecule has 1 aromatic carbocycles. The van der Waals surface area contributed by atoms with E-state index in [9.17, 15) is 4.39 Å². The van der Waals surface area contributed by atoms with E-state index in [0.717, 1.165) is 6.07 Å². The smallest absolute Gasteiger partial charge is 0.140 e. The van der Waals surface area contributed by atoms with Gasteiger partial charge in [0.25, 0.3) is 0 Å². The van der Waals surface area contributed by atoms with E-state index in [1.165, 1.54) is 12.1 Å². The molecule has 14 heavy (non-hydrogen) atoms. The lowest BCUT2D eigenvalue weighted by Crippen LogP contribution is -1.84. The number of halogens is 1. The Labute approximate surface area is 81.2 Å². The van der Waals surface area contributed by atoms with Gasteiger partial charge in [-0.2, -0.15) is 10.5 Å². The van der Waals surface area contributed by atoms with Gasteiger partial charge < -0.3 is 0 Å². The highest BCUT2D eigenvalue weighted by Crippen LogP contribution is 2.08. The molecule has 0 radical (unpaired) electrons. The molecule has 0 aliphatic rings. The summed E-state index contributed by atoms with van der Waals surface area (Å²) in [6.45, 7) is 0. The molecule has 0 unspecified atom stereocenters. The summed E-state index contributed by atoms with van der Waals surface area (Å²) in [6.07, 6.45) is 0.0689. The molecule has 1 aromatic rings. The second-order valence-electron chi connectivity index (χ2n) is 2.44. The maximum Gasteiger partial charge on any atom is 0.140 e. The summed E-state index contributed by atoms with van der Waals surface area (Å²) >= 11 is 0. The maximum absolute atomic E-state index is 13.1. The Bertz CT molecular complexity index is 481. The highest BCUT2D eigenvalue weighted by atomic mass is 19.1. The molecule has 0 atom stereocenters. The van der Waals surface area contributed by atoms with Crippen molar-refractivity contribution in [1.29, 1.82) is 10.5 Å². The molecule has 0 aliphatic carbocycles. The molecule has 0 amide bonds. The topological polar surface area (TPSA) is 47.6 Å². The average molecular weight is 184 g/mol. The van der Waals surface area contributed by atoms with Gasteiger partial charge >= 0.3 is 0 Å². The monoisotopic (exact) mass is 184 g/mol. The van der Waals surface area contributed by atoms with Crippen molar-refractivity contribution in [2.75, 3.05) is 0 Å². The van der Waals surface area contributed by atoms with Crippen LogP contribution in [0.1, 0.15) is 17.5 Å². The molecule has 0 saturated heterocycles. The van der Waals surface area contributed by atoms with Crippen LogP contribution in [0.3, 0.4) is 0 Å². The second-order valence-corrected chi connectivity index (χ2v) is 2.44. The van der Waals surface area contributed by atoms with Crippen LogP contribution in [-0.2, 0) is 0 Å². The Morgan fingerprint density at radius 2 is 2.07 bits per heavy atom. The van der Waals surface area contributed by atoms with Crippen molar-refractivity contribution < 1.29 is 4.39 Å². The van der Waals surface area contributed by atoms with Crippen LogP contribution in [0.4, 0.5) is 4.39 Å². The van der Waals surface area contributed by atoms with Crippen LogP contribution in [0.2, 0.25) is 0 Å². The second kappa shape index (κ2) is 4.65. The SMILES string of the molecule is N#CCC#Cc1ccc(C#N)cc1F. The Hall–Kier alpha value is -2.31. The van der Waals surface area contributed by atoms with Crippen LogP contribution >= 0.6 is 0 Å². The van der Waals surface area contributed by atoms with Crippen molar-refractivity contribution >= 4 is 0 Å². The van der Waals surface area contributed by atoms with Gasteiger partial charge in [-0.1, -0.05) is 11.8 Å². The molecule has 3 heteroatoms. The van der Waals surface area contributed by atoms with Gasteiger partial charge in [0.2, 0.25) is 0 Å². The van der Waals surface area contributed by atoms with Crippen LogP contribution in [0, 0.1) is 40.3 Å². The molecule has 0 saturated carbocycles. The molecule has 0 fully saturated rings. The number of rotatable bonds is 0. The average Bonchev–Trinajstić information content (AvgIpc) is 2.20. The van der Waals surface area contributed by atoms with Crippen molar-refractivity contribution in [3.05, 3.63) is 35.1 Å². The quantitative estimate of drug-likeness (QED) is 0.578. The third kappa shape index (κ3) is 2.34. The van der Waals surface area contributed by atoms with Crippen molar-refractivity contribution in [2.45, 2.75) is 6.42 Å². The largest absolute Gasteiger partial charge is 0.206 e. The predicted molar refractivity (Wildman–Crippen MR) is 48.2 cm³/mol. The van der Waals surface area contributed by atoms with Gasteiger partial charge in [0.1, 0.15) is 5.82 Å². The Morgan fingerprint density at radius 1 is 1.29 bits per heavy atom. The van der Waals surface area contributed by atoms with Crippen molar-refractivity contribution in [3.63, 3.8) is 0 Å². The van der Waals surface area contributed by atoms with E-state index in [1.807, 2.05) is 12.1 Å². The van der Waals surface area contributed by atoms with Crippen LogP contribution in [-0.4, -0.2) is 0 Å². The van der Waals surface area contributed by atoms with E-state index in [2.05, 4.69) is 11.8 Å². The van der Waals surface area contributed by atoms with Gasteiger partial charge in [-0.25, -0.2) is 4.39 Å². The summed E-state index contributed by atoms with van der Waals surface area (Å²) in [6, 6.07) is 7.69. The minimum absolute atomic E-state index is 0.0689. The number of nitriles is 2. The molecule has 0 bridgehead atoms. The van der Waals surface area contributed by atoms with E-state index in [1.54, 1.807) is 0 Å². The predicted octanol–water partition coefficient (Wildman–Crippen LogP) is 1.96. The Morgan fingerprint density at radius 3 is 2.64 bits per heavy atom. The van der Waals surface area contributed by atoms with E-state index in [4.69, 9.17) is 10.5 Å². The Balaban J connectivity index is 2.99. The van der Waals surface area contributed by atoms with E-state index < -0.39 is 5.82 Å². The van der Waals surface area contributed by atoms with Crippen molar-refractivity contribution in [3.8, 4) is 24.0 Å². The zero-order chi connectivity index (χ0) is 10.4. The summed E-state index contributed by atoms with van der Waals surface area (Å²) in [4.78, 5) is 0. The Kier molecular flexibility index (Phi) is 3.25. The van der Waals surface area contributed by atoms with Gasteiger partial charge in [0, 0.05) is 0 Å². The van der Waals surface area contributed by atoms with Crippen LogP contribution < -0.4 is 0 Å². The fraction of sp³-hybridized carbons (Fsp3) is 0.0909. The molecular formula is C11H5FN2. The minimum Gasteiger partial charge on any atom is -0.206 e. The molecular weight excluding hydrogens is 179 g/mol. The number of hydrogen-bond acceptors (Lipinski definition) is 2. The summed E-state index contributed by atoms with van der Waals surface area (Å²) in [7, 11) is 0.